The molecule has 1 saturated heterocycles. The second-order valence-electron chi connectivity index (χ2n) is 5.02. The zero-order chi connectivity index (χ0) is 13.0. The number of hydrogen-bond donors (Lipinski definition) is 1. The first-order valence-corrected chi connectivity index (χ1v) is 6.54. The number of aromatic nitrogens is 3. The fourth-order valence-electron chi connectivity index (χ4n) is 2.39. The quantitative estimate of drug-likeness (QED) is 0.883. The van der Waals surface area contributed by atoms with Crippen molar-refractivity contribution < 1.29 is 4.79 Å². The fraction of sp³-hybridized carbons (Fsp3) is 0.750. The van der Waals surface area contributed by atoms with Crippen LogP contribution in [0.15, 0.2) is 12.4 Å². The largest absolute Gasteiger partial charge is 0.342 e. The Balaban J connectivity index is 0.00000180. The molecule has 1 aromatic rings. The van der Waals surface area contributed by atoms with E-state index in [4.69, 9.17) is 5.73 Å². The number of aryl methyl sites for hydroxylation is 1. The van der Waals surface area contributed by atoms with Gasteiger partial charge in [-0.25, -0.2) is 0 Å². The summed E-state index contributed by atoms with van der Waals surface area (Å²) in [5.41, 5.74) is 5.92. The molecule has 0 aromatic carbocycles. The molecule has 1 fully saturated rings. The molecular formula is C12H22ClN5O. The highest BCUT2D eigenvalue weighted by atomic mass is 35.5. The highest BCUT2D eigenvalue weighted by Crippen LogP contribution is 2.19. The summed E-state index contributed by atoms with van der Waals surface area (Å²) in [6, 6.07) is 0.163. The third kappa shape index (κ3) is 4.47. The summed E-state index contributed by atoms with van der Waals surface area (Å²) in [7, 11) is 0. The van der Waals surface area contributed by atoms with E-state index in [1.807, 2.05) is 11.8 Å². The van der Waals surface area contributed by atoms with Crippen LogP contribution in [0.3, 0.4) is 0 Å². The lowest BCUT2D eigenvalue weighted by atomic mass is 9.92. The lowest BCUT2D eigenvalue weighted by Crippen LogP contribution is -2.45. The Morgan fingerprint density at radius 1 is 1.58 bits per heavy atom. The second-order valence-corrected chi connectivity index (χ2v) is 5.02. The summed E-state index contributed by atoms with van der Waals surface area (Å²) in [5, 5.41) is 7.57. The van der Waals surface area contributed by atoms with Crippen molar-refractivity contribution >= 4 is 18.3 Å². The van der Waals surface area contributed by atoms with Crippen LogP contribution in [-0.2, 0) is 11.3 Å². The van der Waals surface area contributed by atoms with Gasteiger partial charge in [-0.1, -0.05) is 5.21 Å². The monoisotopic (exact) mass is 287 g/mol. The van der Waals surface area contributed by atoms with Gasteiger partial charge >= 0.3 is 0 Å². The standard InChI is InChI=1S/C12H21N5O.ClH/c1-10(13)11-3-2-6-16(9-11)12(18)4-7-17-8-5-14-15-17;/h5,8,10-11H,2-4,6-7,9,13H2,1H3;1H. The molecule has 0 radical (unpaired) electrons. The molecule has 108 valence electrons. The Bertz CT molecular complexity index is 381. The Morgan fingerprint density at radius 3 is 3.00 bits per heavy atom. The van der Waals surface area contributed by atoms with Crippen molar-refractivity contribution in [2.75, 3.05) is 13.1 Å². The average molecular weight is 288 g/mol. The van der Waals surface area contributed by atoms with Crippen LogP contribution >= 0.6 is 12.4 Å². The van der Waals surface area contributed by atoms with Crippen LogP contribution in [-0.4, -0.2) is 44.9 Å². The maximum Gasteiger partial charge on any atom is 0.224 e. The molecule has 6 nitrogen and oxygen atoms in total. The van der Waals surface area contributed by atoms with Gasteiger partial charge in [-0.15, -0.1) is 17.5 Å². The summed E-state index contributed by atoms with van der Waals surface area (Å²) >= 11 is 0. The van der Waals surface area contributed by atoms with Crippen molar-refractivity contribution in [3.8, 4) is 0 Å². The van der Waals surface area contributed by atoms with Gasteiger partial charge in [-0.2, -0.15) is 0 Å². The molecule has 1 aliphatic heterocycles. The van der Waals surface area contributed by atoms with Crippen molar-refractivity contribution in [1.29, 1.82) is 0 Å². The van der Waals surface area contributed by atoms with Crippen LogP contribution in [0.1, 0.15) is 26.2 Å². The number of amides is 1. The zero-order valence-corrected chi connectivity index (χ0v) is 12.1. The number of halogens is 1. The predicted octanol–water partition coefficient (Wildman–Crippen LogP) is 0.676. The average Bonchev–Trinajstić information content (AvgIpc) is 2.89. The molecule has 2 rings (SSSR count). The van der Waals surface area contributed by atoms with E-state index < -0.39 is 0 Å². The van der Waals surface area contributed by atoms with E-state index in [2.05, 4.69) is 10.3 Å². The normalized spacial score (nSPS) is 20.7. The minimum absolute atomic E-state index is 0. The molecule has 1 aliphatic rings. The van der Waals surface area contributed by atoms with Crippen molar-refractivity contribution in [1.82, 2.24) is 19.9 Å². The van der Waals surface area contributed by atoms with E-state index in [0.717, 1.165) is 25.9 Å². The van der Waals surface area contributed by atoms with Crippen molar-refractivity contribution in [2.45, 2.75) is 38.8 Å². The second kappa shape index (κ2) is 7.45. The molecule has 2 atom stereocenters. The number of likely N-dealkylation sites (tertiary alicyclic amines) is 1. The topological polar surface area (TPSA) is 77.0 Å². The van der Waals surface area contributed by atoms with Crippen molar-refractivity contribution in [3.05, 3.63) is 12.4 Å². The summed E-state index contributed by atoms with van der Waals surface area (Å²) in [6.45, 7) is 4.28. The Labute approximate surface area is 119 Å². The van der Waals surface area contributed by atoms with Gasteiger partial charge in [0.15, 0.2) is 0 Å². The number of nitrogens with two attached hydrogens (primary N) is 1. The first-order chi connectivity index (χ1) is 8.66. The van der Waals surface area contributed by atoms with Gasteiger partial charge in [0, 0.05) is 31.7 Å². The van der Waals surface area contributed by atoms with Crippen LogP contribution < -0.4 is 5.73 Å². The maximum absolute atomic E-state index is 12.1. The molecule has 19 heavy (non-hydrogen) atoms. The van der Waals surface area contributed by atoms with Gasteiger partial charge in [0.2, 0.25) is 5.91 Å². The summed E-state index contributed by atoms with van der Waals surface area (Å²) in [6.07, 6.45) is 6.06. The number of piperidine rings is 1. The Kier molecular flexibility index (Phi) is 6.24. The minimum Gasteiger partial charge on any atom is -0.342 e. The van der Waals surface area contributed by atoms with E-state index in [9.17, 15) is 4.79 Å². The van der Waals surface area contributed by atoms with Gasteiger partial charge in [0.1, 0.15) is 0 Å². The molecule has 2 heterocycles. The highest BCUT2D eigenvalue weighted by Gasteiger charge is 2.25. The van der Waals surface area contributed by atoms with E-state index in [-0.39, 0.29) is 24.4 Å². The molecule has 0 aliphatic carbocycles. The van der Waals surface area contributed by atoms with Crippen LogP contribution in [0.4, 0.5) is 0 Å². The van der Waals surface area contributed by atoms with Crippen LogP contribution in [0, 0.1) is 5.92 Å². The van der Waals surface area contributed by atoms with Crippen molar-refractivity contribution in [3.63, 3.8) is 0 Å². The number of hydrogen-bond acceptors (Lipinski definition) is 4. The minimum atomic E-state index is 0. The summed E-state index contributed by atoms with van der Waals surface area (Å²) in [4.78, 5) is 14.0. The van der Waals surface area contributed by atoms with Crippen molar-refractivity contribution in [2.24, 2.45) is 11.7 Å². The molecule has 1 aromatic heterocycles. The third-order valence-corrected chi connectivity index (χ3v) is 3.58. The Hall–Kier alpha value is -1.14. The third-order valence-electron chi connectivity index (χ3n) is 3.58. The van der Waals surface area contributed by atoms with E-state index >= 15 is 0 Å². The number of carbonyl (C=O) groups is 1. The van der Waals surface area contributed by atoms with Gasteiger partial charge in [0.05, 0.1) is 12.7 Å². The number of nitrogens with zero attached hydrogens (tertiary/aromatic N) is 4. The SMILES string of the molecule is CC(N)C1CCCN(C(=O)CCn2ccnn2)C1.Cl. The number of carbonyl (C=O) groups excluding carboxylic acids is 1. The lowest BCUT2D eigenvalue weighted by Gasteiger charge is -2.34. The molecule has 7 heteroatoms. The van der Waals surface area contributed by atoms with Gasteiger partial charge < -0.3 is 10.6 Å². The molecule has 0 spiro atoms. The molecule has 2 unspecified atom stereocenters. The highest BCUT2D eigenvalue weighted by molar-refractivity contribution is 5.85. The Morgan fingerprint density at radius 2 is 2.37 bits per heavy atom. The first kappa shape index (κ1) is 15.9. The maximum atomic E-state index is 12.1. The summed E-state index contributed by atoms with van der Waals surface area (Å²) < 4.78 is 1.69. The first-order valence-electron chi connectivity index (χ1n) is 6.54. The predicted molar refractivity (Wildman–Crippen MR) is 74.8 cm³/mol. The molecule has 1 amide bonds. The van der Waals surface area contributed by atoms with Gasteiger partial charge in [-0.3, -0.25) is 9.48 Å². The van der Waals surface area contributed by atoms with Crippen LogP contribution in [0.2, 0.25) is 0 Å². The van der Waals surface area contributed by atoms with Crippen LogP contribution in [0.5, 0.6) is 0 Å². The van der Waals surface area contributed by atoms with E-state index in [1.165, 1.54) is 0 Å². The fourth-order valence-corrected chi connectivity index (χ4v) is 2.39. The number of rotatable bonds is 4. The summed E-state index contributed by atoms with van der Waals surface area (Å²) in [5.74, 6) is 0.630. The van der Waals surface area contributed by atoms with Gasteiger partial charge in [0.25, 0.3) is 0 Å². The van der Waals surface area contributed by atoms with E-state index in [1.54, 1.807) is 17.1 Å². The smallest absolute Gasteiger partial charge is 0.224 e. The van der Waals surface area contributed by atoms with E-state index in [0.29, 0.717) is 18.9 Å². The van der Waals surface area contributed by atoms with Gasteiger partial charge in [-0.05, 0) is 25.7 Å². The molecule has 0 saturated carbocycles. The molecule has 0 bridgehead atoms. The molecular weight excluding hydrogens is 266 g/mol. The van der Waals surface area contributed by atoms with Crippen LogP contribution in [0.25, 0.3) is 0 Å². The lowest BCUT2D eigenvalue weighted by molar-refractivity contribution is -0.133. The molecule has 2 N–H and O–H groups in total. The zero-order valence-electron chi connectivity index (χ0n) is 11.2.